The predicted octanol–water partition coefficient (Wildman–Crippen LogP) is 5.17. The molecule has 2 aromatic rings. The SMILES string of the molecule is CCOc1ccccc1C1CC(=O)N(c2ccc([N+](=O)[O-])cc2Cl)C2=C1C(=O)CCC2. The van der Waals surface area contributed by atoms with E-state index in [0.29, 0.717) is 48.6 Å². The number of amides is 1. The smallest absolute Gasteiger partial charge is 0.271 e. The first-order valence-electron chi connectivity index (χ1n) is 10.2. The summed E-state index contributed by atoms with van der Waals surface area (Å²) in [4.78, 5) is 38.4. The topological polar surface area (TPSA) is 89.8 Å². The third kappa shape index (κ3) is 3.81. The van der Waals surface area contributed by atoms with Crippen LogP contribution in [0.2, 0.25) is 5.02 Å². The van der Waals surface area contributed by atoms with Gasteiger partial charge in [0, 0.05) is 47.7 Å². The Labute approximate surface area is 184 Å². The molecule has 0 saturated carbocycles. The number of benzene rings is 2. The number of rotatable bonds is 5. The standard InChI is InChI=1S/C23H21ClN2O5/c1-2-31-21-9-4-3-6-15(21)16-13-22(28)25(19-7-5-8-20(27)23(16)19)18-11-10-14(26(29)30)12-17(18)24/h3-4,6,9-12,16H,2,5,7-8,13H2,1H3. The first-order chi connectivity index (χ1) is 14.9. The number of nitrogens with zero attached hydrogens (tertiary/aromatic N) is 2. The number of hydrogen-bond donors (Lipinski definition) is 0. The fourth-order valence-corrected chi connectivity index (χ4v) is 4.64. The van der Waals surface area contributed by atoms with E-state index in [1.807, 2.05) is 31.2 Å². The van der Waals surface area contributed by atoms with E-state index in [1.54, 1.807) is 0 Å². The van der Waals surface area contributed by atoms with Crippen LogP contribution in [0.4, 0.5) is 11.4 Å². The van der Waals surface area contributed by atoms with E-state index >= 15 is 0 Å². The molecule has 7 nitrogen and oxygen atoms in total. The van der Waals surface area contributed by atoms with Crippen LogP contribution in [0.3, 0.4) is 0 Å². The maximum absolute atomic E-state index is 13.3. The van der Waals surface area contributed by atoms with Gasteiger partial charge in [0.15, 0.2) is 5.78 Å². The fraction of sp³-hybridized carbons (Fsp3) is 0.304. The molecular formula is C23H21ClN2O5. The van der Waals surface area contributed by atoms with Crippen LogP contribution in [-0.2, 0) is 9.59 Å². The Bertz CT molecular complexity index is 1110. The molecule has 1 unspecified atom stereocenters. The number of allylic oxidation sites excluding steroid dienone is 2. The largest absolute Gasteiger partial charge is 0.494 e. The van der Waals surface area contributed by atoms with Gasteiger partial charge >= 0.3 is 0 Å². The molecular weight excluding hydrogens is 420 g/mol. The van der Waals surface area contributed by atoms with Crippen LogP contribution in [-0.4, -0.2) is 23.2 Å². The number of Topliss-reactive ketones (excluding diaryl/α,β-unsaturated/α-hetero) is 1. The van der Waals surface area contributed by atoms with Crippen LogP contribution >= 0.6 is 11.6 Å². The van der Waals surface area contributed by atoms with Gasteiger partial charge in [-0.1, -0.05) is 29.8 Å². The van der Waals surface area contributed by atoms with E-state index in [2.05, 4.69) is 0 Å². The molecule has 1 atom stereocenters. The molecule has 0 spiro atoms. The van der Waals surface area contributed by atoms with Crippen LogP contribution in [0.5, 0.6) is 5.75 Å². The van der Waals surface area contributed by atoms with Crippen LogP contribution in [0.25, 0.3) is 0 Å². The zero-order chi connectivity index (χ0) is 22.1. The van der Waals surface area contributed by atoms with Crippen molar-refractivity contribution < 1.29 is 19.2 Å². The zero-order valence-corrected chi connectivity index (χ0v) is 17.7. The highest BCUT2D eigenvalue weighted by atomic mass is 35.5. The third-order valence-corrected chi connectivity index (χ3v) is 5.96. The summed E-state index contributed by atoms with van der Waals surface area (Å²) >= 11 is 6.33. The lowest BCUT2D eigenvalue weighted by Gasteiger charge is -2.38. The number of para-hydroxylation sites is 1. The maximum atomic E-state index is 13.3. The summed E-state index contributed by atoms with van der Waals surface area (Å²) in [6.45, 7) is 2.36. The van der Waals surface area contributed by atoms with Gasteiger partial charge in [0.2, 0.25) is 5.91 Å². The number of ketones is 1. The van der Waals surface area contributed by atoms with Gasteiger partial charge in [0.25, 0.3) is 5.69 Å². The number of ether oxygens (including phenoxy) is 1. The minimum absolute atomic E-state index is 0.00749. The monoisotopic (exact) mass is 440 g/mol. The number of nitro groups is 1. The third-order valence-electron chi connectivity index (χ3n) is 5.65. The van der Waals surface area contributed by atoms with Gasteiger partial charge in [-0.2, -0.15) is 0 Å². The van der Waals surface area contributed by atoms with Crippen molar-refractivity contribution in [2.75, 3.05) is 11.5 Å². The summed E-state index contributed by atoms with van der Waals surface area (Å²) in [5, 5.41) is 11.2. The Balaban J connectivity index is 1.86. The van der Waals surface area contributed by atoms with Crippen LogP contribution in [0.15, 0.2) is 53.7 Å². The van der Waals surface area contributed by atoms with Crippen molar-refractivity contribution in [3.63, 3.8) is 0 Å². The maximum Gasteiger partial charge on any atom is 0.271 e. The first-order valence-corrected chi connectivity index (χ1v) is 10.5. The molecule has 0 saturated heterocycles. The molecule has 1 heterocycles. The number of carbonyl (C=O) groups excluding carboxylic acids is 2. The minimum atomic E-state index is -0.538. The van der Waals surface area contributed by atoms with Crippen LogP contribution in [0.1, 0.15) is 44.1 Å². The average molecular weight is 441 g/mol. The second kappa shape index (κ2) is 8.51. The second-order valence-electron chi connectivity index (χ2n) is 7.49. The normalized spacial score (nSPS) is 18.8. The number of carbonyl (C=O) groups is 2. The zero-order valence-electron chi connectivity index (χ0n) is 17.0. The first kappa shape index (κ1) is 21.1. The number of nitro benzene ring substituents is 1. The van der Waals surface area contributed by atoms with Crippen molar-refractivity contribution in [2.45, 2.75) is 38.5 Å². The Morgan fingerprint density at radius 2 is 1.97 bits per heavy atom. The highest BCUT2D eigenvalue weighted by Crippen LogP contribution is 2.46. The molecule has 2 aromatic carbocycles. The Morgan fingerprint density at radius 1 is 1.19 bits per heavy atom. The van der Waals surface area contributed by atoms with Gasteiger partial charge in [-0.15, -0.1) is 0 Å². The van der Waals surface area contributed by atoms with Crippen molar-refractivity contribution in [2.24, 2.45) is 0 Å². The van der Waals surface area contributed by atoms with Gasteiger partial charge in [0.1, 0.15) is 5.75 Å². The van der Waals surface area contributed by atoms with Crippen molar-refractivity contribution in [3.8, 4) is 5.75 Å². The average Bonchev–Trinajstić information content (AvgIpc) is 2.74. The van der Waals surface area contributed by atoms with Crippen molar-refractivity contribution in [1.82, 2.24) is 0 Å². The Kier molecular flexibility index (Phi) is 5.78. The number of halogens is 1. The van der Waals surface area contributed by atoms with E-state index < -0.39 is 10.8 Å². The van der Waals surface area contributed by atoms with Gasteiger partial charge in [-0.05, 0) is 31.9 Å². The fourth-order valence-electron chi connectivity index (χ4n) is 4.38. The van der Waals surface area contributed by atoms with E-state index in [0.717, 1.165) is 5.56 Å². The number of non-ortho nitro benzene ring substituents is 1. The molecule has 31 heavy (non-hydrogen) atoms. The quantitative estimate of drug-likeness (QED) is 0.472. The molecule has 0 bridgehead atoms. The highest BCUT2D eigenvalue weighted by Gasteiger charge is 2.41. The van der Waals surface area contributed by atoms with E-state index in [4.69, 9.17) is 16.3 Å². The van der Waals surface area contributed by atoms with Gasteiger partial charge in [-0.3, -0.25) is 24.6 Å². The summed E-state index contributed by atoms with van der Waals surface area (Å²) in [7, 11) is 0. The predicted molar refractivity (Wildman–Crippen MR) is 116 cm³/mol. The Morgan fingerprint density at radius 3 is 2.68 bits per heavy atom. The molecule has 0 radical (unpaired) electrons. The number of anilines is 1. The van der Waals surface area contributed by atoms with E-state index in [-0.39, 0.29) is 28.8 Å². The molecule has 4 rings (SSSR count). The lowest BCUT2D eigenvalue weighted by atomic mass is 9.77. The van der Waals surface area contributed by atoms with Crippen LogP contribution < -0.4 is 9.64 Å². The summed E-state index contributed by atoms with van der Waals surface area (Å²) in [6, 6.07) is 11.5. The Hall–Kier alpha value is -3.19. The molecule has 1 amide bonds. The molecule has 2 aliphatic rings. The molecule has 8 heteroatoms. The lowest BCUT2D eigenvalue weighted by molar-refractivity contribution is -0.384. The van der Waals surface area contributed by atoms with E-state index in [1.165, 1.54) is 23.1 Å². The van der Waals surface area contributed by atoms with Gasteiger partial charge in [-0.25, -0.2) is 0 Å². The molecule has 0 fully saturated rings. The number of hydrogen-bond acceptors (Lipinski definition) is 5. The summed E-state index contributed by atoms with van der Waals surface area (Å²) in [6.07, 6.45) is 1.68. The van der Waals surface area contributed by atoms with Gasteiger partial charge < -0.3 is 4.74 Å². The van der Waals surface area contributed by atoms with Crippen molar-refractivity contribution >= 4 is 34.7 Å². The second-order valence-corrected chi connectivity index (χ2v) is 7.89. The molecule has 1 aliphatic carbocycles. The van der Waals surface area contributed by atoms with Crippen molar-refractivity contribution in [3.05, 3.63) is 74.4 Å². The molecule has 1 aliphatic heterocycles. The minimum Gasteiger partial charge on any atom is -0.494 e. The summed E-state index contributed by atoms with van der Waals surface area (Å²) in [5.41, 5.74) is 2.24. The lowest BCUT2D eigenvalue weighted by Crippen LogP contribution is -2.40. The molecule has 0 aromatic heterocycles. The molecule has 160 valence electrons. The molecule has 0 N–H and O–H groups in total. The summed E-state index contributed by atoms with van der Waals surface area (Å²) < 4.78 is 5.76. The summed E-state index contributed by atoms with van der Waals surface area (Å²) in [5.74, 6) is 0.0644. The van der Waals surface area contributed by atoms with E-state index in [9.17, 15) is 19.7 Å². The van der Waals surface area contributed by atoms with Crippen LogP contribution in [0, 0.1) is 10.1 Å². The highest BCUT2D eigenvalue weighted by molar-refractivity contribution is 6.34. The van der Waals surface area contributed by atoms with Gasteiger partial charge in [0.05, 0.1) is 22.2 Å². The van der Waals surface area contributed by atoms with Crippen molar-refractivity contribution in [1.29, 1.82) is 0 Å².